The van der Waals surface area contributed by atoms with Crippen molar-refractivity contribution in [3.8, 4) is 5.75 Å². The molecule has 6 nitrogen and oxygen atoms in total. The fourth-order valence-corrected chi connectivity index (χ4v) is 4.01. The molecule has 0 saturated carbocycles. The first-order valence-electron chi connectivity index (χ1n) is 9.85. The molecule has 0 radical (unpaired) electrons. The summed E-state index contributed by atoms with van der Waals surface area (Å²) in [6, 6.07) is 12.3. The van der Waals surface area contributed by atoms with Crippen LogP contribution in [-0.4, -0.2) is 51.2 Å². The first-order valence-corrected chi connectivity index (χ1v) is 11.9. The Morgan fingerprint density at radius 3 is 2.35 bits per heavy atom. The van der Waals surface area contributed by atoms with E-state index in [2.05, 4.69) is 24.1 Å². The number of nitrogens with one attached hydrogen (secondary N) is 1. The van der Waals surface area contributed by atoms with E-state index in [1.165, 1.54) is 25.3 Å². The van der Waals surface area contributed by atoms with Gasteiger partial charge in [0.15, 0.2) is 9.84 Å². The van der Waals surface area contributed by atoms with E-state index >= 15 is 0 Å². The monoisotopic (exact) mass is 488 g/mol. The van der Waals surface area contributed by atoms with Crippen molar-refractivity contribution in [1.29, 1.82) is 0 Å². The number of benzene rings is 2. The van der Waals surface area contributed by atoms with Crippen LogP contribution in [0.5, 0.6) is 5.75 Å². The molecule has 0 aromatic heterocycles. The van der Waals surface area contributed by atoms with Crippen molar-refractivity contribution < 1.29 is 17.9 Å². The Morgan fingerprint density at radius 1 is 1.16 bits per heavy atom. The van der Waals surface area contributed by atoms with E-state index in [0.717, 1.165) is 12.1 Å². The molecule has 1 amide bonds. The van der Waals surface area contributed by atoms with Gasteiger partial charge in [-0.2, -0.15) is 0 Å². The maximum atomic E-state index is 12.7. The zero-order chi connectivity index (χ0) is 22.3. The average Bonchev–Trinajstić information content (AvgIpc) is 2.73. The molecule has 0 aliphatic rings. The van der Waals surface area contributed by atoms with Gasteiger partial charge in [-0.3, -0.25) is 9.69 Å². The third-order valence-electron chi connectivity index (χ3n) is 4.87. The Kier molecular flexibility index (Phi) is 10.8. The molecule has 2 aromatic carbocycles. The number of rotatable bonds is 10. The topological polar surface area (TPSA) is 75.7 Å². The lowest BCUT2D eigenvalue weighted by molar-refractivity contribution is 0.0941. The number of hydrogen-bond donors (Lipinski definition) is 1. The molecule has 9 heteroatoms. The Labute approximate surface area is 196 Å². The average molecular weight is 489 g/mol. The van der Waals surface area contributed by atoms with Gasteiger partial charge in [-0.1, -0.05) is 30.7 Å². The normalized spacial score (nSPS) is 11.3. The molecule has 31 heavy (non-hydrogen) atoms. The van der Waals surface area contributed by atoms with E-state index in [1.807, 2.05) is 24.3 Å². The quantitative estimate of drug-likeness (QED) is 0.542. The van der Waals surface area contributed by atoms with Gasteiger partial charge in [0.05, 0.1) is 23.3 Å². The fourth-order valence-electron chi connectivity index (χ4n) is 2.98. The number of methoxy groups -OCH3 is 1. The van der Waals surface area contributed by atoms with E-state index in [0.29, 0.717) is 23.9 Å². The van der Waals surface area contributed by atoms with Gasteiger partial charge < -0.3 is 10.1 Å². The summed E-state index contributed by atoms with van der Waals surface area (Å²) in [5, 5.41) is 3.57. The van der Waals surface area contributed by atoms with Crippen molar-refractivity contribution in [1.82, 2.24) is 10.2 Å². The van der Waals surface area contributed by atoms with Crippen LogP contribution in [-0.2, 0) is 16.4 Å². The zero-order valence-electron chi connectivity index (χ0n) is 18.2. The highest BCUT2D eigenvalue weighted by molar-refractivity contribution is 7.91. The number of halogens is 2. The molecule has 1 N–H and O–H groups in total. The summed E-state index contributed by atoms with van der Waals surface area (Å²) in [6.45, 7) is 7.55. The molecule has 0 bridgehead atoms. The maximum Gasteiger partial charge on any atom is 0.255 e. The van der Waals surface area contributed by atoms with Crippen LogP contribution in [0.2, 0.25) is 5.02 Å². The van der Waals surface area contributed by atoms with E-state index in [-0.39, 0.29) is 40.6 Å². The van der Waals surface area contributed by atoms with Gasteiger partial charge in [0.1, 0.15) is 5.75 Å². The molecule has 2 aromatic rings. The number of carbonyl (C=O) groups excluding carboxylic acids is 1. The lowest BCUT2D eigenvalue weighted by atomic mass is 10.1. The van der Waals surface area contributed by atoms with Crippen LogP contribution in [0.3, 0.4) is 0 Å². The van der Waals surface area contributed by atoms with Crippen LogP contribution in [0, 0.1) is 0 Å². The predicted octanol–water partition coefficient (Wildman–Crippen LogP) is 4.20. The van der Waals surface area contributed by atoms with Crippen molar-refractivity contribution in [2.24, 2.45) is 0 Å². The minimum Gasteiger partial charge on any atom is -0.496 e. The number of amides is 1. The summed E-state index contributed by atoms with van der Waals surface area (Å²) in [5.41, 5.74) is 1.35. The van der Waals surface area contributed by atoms with Crippen molar-refractivity contribution in [2.45, 2.75) is 38.3 Å². The standard InChI is InChI=1S/C22H29ClN2O4S.ClH/c1-5-30(27,28)19-10-11-21(29-4)20(14-19)22(26)24-12-13-25(16(2)3)15-17-6-8-18(23)9-7-17;/h6-11,14,16H,5,12-13,15H2,1-4H3,(H,24,26);1H. The number of nitrogens with zero attached hydrogens (tertiary/aromatic N) is 1. The molecule has 0 spiro atoms. The van der Waals surface area contributed by atoms with Crippen LogP contribution in [0.15, 0.2) is 47.4 Å². The van der Waals surface area contributed by atoms with Gasteiger partial charge >= 0.3 is 0 Å². The Morgan fingerprint density at radius 2 is 1.81 bits per heavy atom. The number of carbonyl (C=O) groups is 1. The van der Waals surface area contributed by atoms with Crippen LogP contribution >= 0.6 is 24.0 Å². The maximum absolute atomic E-state index is 12.7. The highest BCUT2D eigenvalue weighted by Crippen LogP contribution is 2.23. The van der Waals surface area contributed by atoms with Crippen LogP contribution in [0.1, 0.15) is 36.7 Å². The number of hydrogen-bond acceptors (Lipinski definition) is 5. The highest BCUT2D eigenvalue weighted by atomic mass is 35.5. The van der Waals surface area contributed by atoms with Crippen LogP contribution < -0.4 is 10.1 Å². The van der Waals surface area contributed by atoms with Crippen molar-refractivity contribution >= 4 is 39.8 Å². The predicted molar refractivity (Wildman–Crippen MR) is 127 cm³/mol. The molecular weight excluding hydrogens is 459 g/mol. The van der Waals surface area contributed by atoms with Crippen molar-refractivity contribution in [2.75, 3.05) is 26.0 Å². The summed E-state index contributed by atoms with van der Waals surface area (Å²) in [4.78, 5) is 15.1. The fraction of sp³-hybridized carbons (Fsp3) is 0.409. The Bertz CT molecular complexity index is 964. The second kappa shape index (κ2) is 12.3. The van der Waals surface area contributed by atoms with Crippen molar-refractivity contribution in [3.63, 3.8) is 0 Å². The molecule has 172 valence electrons. The first-order chi connectivity index (χ1) is 14.2. The molecule has 0 atom stereocenters. The molecule has 0 fully saturated rings. The van der Waals surface area contributed by atoms with E-state index < -0.39 is 9.84 Å². The smallest absolute Gasteiger partial charge is 0.255 e. The molecule has 0 unspecified atom stereocenters. The van der Waals surface area contributed by atoms with Gasteiger partial charge in [-0.15, -0.1) is 12.4 Å². The van der Waals surface area contributed by atoms with E-state index in [1.54, 1.807) is 6.92 Å². The summed E-state index contributed by atoms with van der Waals surface area (Å²) < 4.78 is 29.6. The molecule has 0 aliphatic carbocycles. The second-order valence-electron chi connectivity index (χ2n) is 7.21. The van der Waals surface area contributed by atoms with E-state index in [9.17, 15) is 13.2 Å². The number of sulfone groups is 1. The summed E-state index contributed by atoms with van der Waals surface area (Å²) >= 11 is 5.95. The Balaban J connectivity index is 0.00000480. The highest BCUT2D eigenvalue weighted by Gasteiger charge is 2.19. The SMILES string of the molecule is CCS(=O)(=O)c1ccc(OC)c(C(=O)NCCN(Cc2ccc(Cl)cc2)C(C)C)c1.Cl. The third-order valence-corrected chi connectivity index (χ3v) is 6.85. The molecule has 0 aliphatic heterocycles. The number of ether oxygens (including phenoxy) is 1. The van der Waals surface area contributed by atoms with Crippen LogP contribution in [0.4, 0.5) is 0 Å². The second-order valence-corrected chi connectivity index (χ2v) is 9.93. The molecule has 0 heterocycles. The molecular formula is C22H30Cl2N2O4S. The Hall–Kier alpha value is -1.80. The van der Waals surface area contributed by atoms with Gasteiger partial charge in [-0.25, -0.2) is 8.42 Å². The van der Waals surface area contributed by atoms with E-state index in [4.69, 9.17) is 16.3 Å². The first kappa shape index (κ1) is 27.2. The van der Waals surface area contributed by atoms with Crippen molar-refractivity contribution in [3.05, 3.63) is 58.6 Å². The summed E-state index contributed by atoms with van der Waals surface area (Å²) in [7, 11) is -1.96. The molecule has 2 rings (SSSR count). The minimum absolute atomic E-state index is 0. The summed E-state index contributed by atoms with van der Waals surface area (Å²) in [5.74, 6) is -0.0614. The largest absolute Gasteiger partial charge is 0.496 e. The van der Waals surface area contributed by atoms with Gasteiger partial charge in [0, 0.05) is 30.7 Å². The lowest BCUT2D eigenvalue weighted by Crippen LogP contribution is -2.38. The molecule has 0 saturated heterocycles. The minimum atomic E-state index is -3.42. The van der Waals surface area contributed by atoms with Gasteiger partial charge in [-0.05, 0) is 49.7 Å². The lowest BCUT2D eigenvalue weighted by Gasteiger charge is -2.26. The van der Waals surface area contributed by atoms with Crippen LogP contribution in [0.25, 0.3) is 0 Å². The third kappa shape index (κ3) is 7.68. The van der Waals surface area contributed by atoms with Gasteiger partial charge in [0.2, 0.25) is 0 Å². The zero-order valence-corrected chi connectivity index (χ0v) is 20.6. The summed E-state index contributed by atoms with van der Waals surface area (Å²) in [6.07, 6.45) is 0. The van der Waals surface area contributed by atoms with Gasteiger partial charge in [0.25, 0.3) is 5.91 Å².